The number of hydrogen-bond donors (Lipinski definition) is 2. The number of nitrogens with one attached hydrogen (secondary N) is 2. The summed E-state index contributed by atoms with van der Waals surface area (Å²) in [5.41, 5.74) is 1.01. The summed E-state index contributed by atoms with van der Waals surface area (Å²) in [5, 5.41) is 5.95. The number of aryl methyl sites for hydroxylation is 2. The van der Waals surface area contributed by atoms with Crippen molar-refractivity contribution in [3.05, 3.63) is 11.9 Å². The van der Waals surface area contributed by atoms with E-state index in [-0.39, 0.29) is 5.91 Å². The maximum atomic E-state index is 10.7. The van der Waals surface area contributed by atoms with Crippen LogP contribution in [0.4, 0.5) is 5.95 Å². The first-order valence-corrected chi connectivity index (χ1v) is 5.65. The highest BCUT2D eigenvalue weighted by atomic mass is 16.1. The molecule has 5 nitrogen and oxygen atoms in total. The first kappa shape index (κ1) is 12.5. The number of amides is 1. The van der Waals surface area contributed by atoms with Gasteiger partial charge in [0, 0.05) is 32.8 Å². The molecule has 2 N–H and O–H groups in total. The lowest BCUT2D eigenvalue weighted by atomic mass is 10.5. The van der Waals surface area contributed by atoms with Gasteiger partial charge in [-0.2, -0.15) is 0 Å². The van der Waals surface area contributed by atoms with Crippen molar-refractivity contribution in [1.29, 1.82) is 0 Å². The molecule has 0 saturated heterocycles. The Kier molecular flexibility index (Phi) is 4.82. The SMILES string of the molecule is CCCn1cc(C)nc1NCCNC(C)=O. The number of rotatable bonds is 6. The van der Waals surface area contributed by atoms with E-state index in [2.05, 4.69) is 27.1 Å². The summed E-state index contributed by atoms with van der Waals surface area (Å²) in [6.45, 7) is 7.90. The third kappa shape index (κ3) is 3.92. The molecule has 1 aromatic rings. The summed E-state index contributed by atoms with van der Waals surface area (Å²) in [6.07, 6.45) is 3.11. The van der Waals surface area contributed by atoms with Gasteiger partial charge in [-0.1, -0.05) is 6.92 Å². The van der Waals surface area contributed by atoms with E-state index >= 15 is 0 Å². The molecule has 0 aliphatic carbocycles. The molecule has 0 fully saturated rings. The smallest absolute Gasteiger partial charge is 0.216 e. The van der Waals surface area contributed by atoms with E-state index in [1.807, 2.05) is 13.1 Å². The number of carbonyl (C=O) groups is 1. The Balaban J connectivity index is 2.42. The molecule has 1 aromatic heterocycles. The molecule has 1 amide bonds. The molecular weight excluding hydrogens is 204 g/mol. The van der Waals surface area contributed by atoms with Crippen LogP contribution in [0.5, 0.6) is 0 Å². The van der Waals surface area contributed by atoms with E-state index < -0.39 is 0 Å². The lowest BCUT2D eigenvalue weighted by Crippen LogP contribution is -2.26. The van der Waals surface area contributed by atoms with Crippen LogP contribution in [-0.4, -0.2) is 28.5 Å². The summed E-state index contributed by atoms with van der Waals surface area (Å²) >= 11 is 0. The van der Waals surface area contributed by atoms with Crippen LogP contribution in [0.2, 0.25) is 0 Å². The first-order valence-electron chi connectivity index (χ1n) is 5.65. The van der Waals surface area contributed by atoms with Crippen LogP contribution in [-0.2, 0) is 11.3 Å². The minimum atomic E-state index is -0.00474. The quantitative estimate of drug-likeness (QED) is 0.713. The maximum absolute atomic E-state index is 10.7. The number of hydrogen-bond acceptors (Lipinski definition) is 3. The third-order valence-corrected chi connectivity index (χ3v) is 2.14. The van der Waals surface area contributed by atoms with Crippen molar-refractivity contribution >= 4 is 11.9 Å². The minimum Gasteiger partial charge on any atom is -0.355 e. The predicted octanol–water partition coefficient (Wildman–Crippen LogP) is 1.15. The summed E-state index contributed by atoms with van der Waals surface area (Å²) in [6, 6.07) is 0. The van der Waals surface area contributed by atoms with E-state index in [0.29, 0.717) is 13.1 Å². The van der Waals surface area contributed by atoms with Gasteiger partial charge < -0.3 is 15.2 Å². The number of imidazole rings is 1. The summed E-state index contributed by atoms with van der Waals surface area (Å²) in [4.78, 5) is 15.1. The van der Waals surface area contributed by atoms with Gasteiger partial charge in [0.15, 0.2) is 0 Å². The standard InChI is InChI=1S/C11H20N4O/c1-4-7-15-8-9(2)14-11(15)13-6-5-12-10(3)16/h8H,4-7H2,1-3H3,(H,12,16)(H,13,14). The molecule has 0 aliphatic heterocycles. The van der Waals surface area contributed by atoms with Crippen LogP contribution in [0.1, 0.15) is 26.0 Å². The van der Waals surface area contributed by atoms with Gasteiger partial charge in [0.2, 0.25) is 11.9 Å². The topological polar surface area (TPSA) is 59.0 Å². The van der Waals surface area contributed by atoms with E-state index in [9.17, 15) is 4.79 Å². The fourth-order valence-corrected chi connectivity index (χ4v) is 1.51. The van der Waals surface area contributed by atoms with Gasteiger partial charge in [0.1, 0.15) is 0 Å². The molecule has 0 aromatic carbocycles. The highest BCUT2D eigenvalue weighted by Crippen LogP contribution is 2.08. The van der Waals surface area contributed by atoms with Gasteiger partial charge in [-0.25, -0.2) is 4.98 Å². The average Bonchev–Trinajstić information content (AvgIpc) is 2.54. The second-order valence-electron chi connectivity index (χ2n) is 3.81. The summed E-state index contributed by atoms with van der Waals surface area (Å²) < 4.78 is 2.10. The van der Waals surface area contributed by atoms with E-state index in [0.717, 1.165) is 24.6 Å². The normalized spacial score (nSPS) is 10.2. The third-order valence-electron chi connectivity index (χ3n) is 2.14. The van der Waals surface area contributed by atoms with E-state index in [4.69, 9.17) is 0 Å². The molecule has 0 saturated carbocycles. The Hall–Kier alpha value is -1.52. The zero-order valence-corrected chi connectivity index (χ0v) is 10.2. The Morgan fingerprint density at radius 2 is 2.25 bits per heavy atom. The fraction of sp³-hybridized carbons (Fsp3) is 0.636. The summed E-state index contributed by atoms with van der Waals surface area (Å²) in [7, 11) is 0. The van der Waals surface area contributed by atoms with Gasteiger partial charge >= 0.3 is 0 Å². The van der Waals surface area contributed by atoms with Gasteiger partial charge in [-0.05, 0) is 13.3 Å². The molecule has 0 unspecified atom stereocenters. The van der Waals surface area contributed by atoms with Gasteiger partial charge in [-0.15, -0.1) is 0 Å². The molecule has 0 bridgehead atoms. The lowest BCUT2D eigenvalue weighted by Gasteiger charge is -2.08. The summed E-state index contributed by atoms with van der Waals surface area (Å²) in [5.74, 6) is 0.875. The Labute approximate surface area is 96.3 Å². The number of nitrogens with zero attached hydrogens (tertiary/aromatic N) is 2. The van der Waals surface area contributed by atoms with Crippen LogP contribution >= 0.6 is 0 Å². The highest BCUT2D eigenvalue weighted by molar-refractivity contribution is 5.72. The average molecular weight is 224 g/mol. The van der Waals surface area contributed by atoms with Crippen molar-refractivity contribution in [3.8, 4) is 0 Å². The number of aromatic nitrogens is 2. The molecular formula is C11H20N4O. The van der Waals surface area contributed by atoms with Crippen LogP contribution in [0.15, 0.2) is 6.20 Å². The van der Waals surface area contributed by atoms with E-state index in [1.54, 1.807) is 0 Å². The van der Waals surface area contributed by atoms with Gasteiger partial charge in [0.05, 0.1) is 5.69 Å². The lowest BCUT2D eigenvalue weighted by molar-refractivity contribution is -0.118. The predicted molar refractivity (Wildman–Crippen MR) is 64.4 cm³/mol. The molecule has 1 rings (SSSR count). The maximum Gasteiger partial charge on any atom is 0.216 e. The molecule has 90 valence electrons. The Bertz CT molecular complexity index is 346. The van der Waals surface area contributed by atoms with Crippen molar-refractivity contribution in [1.82, 2.24) is 14.9 Å². The molecule has 5 heteroatoms. The van der Waals surface area contributed by atoms with Crippen molar-refractivity contribution in [2.75, 3.05) is 18.4 Å². The Morgan fingerprint density at radius 3 is 2.88 bits per heavy atom. The van der Waals surface area contributed by atoms with Gasteiger partial charge in [-0.3, -0.25) is 4.79 Å². The number of anilines is 1. The molecule has 0 radical (unpaired) electrons. The fourth-order valence-electron chi connectivity index (χ4n) is 1.51. The zero-order valence-electron chi connectivity index (χ0n) is 10.2. The second kappa shape index (κ2) is 6.15. The molecule has 0 atom stereocenters. The van der Waals surface area contributed by atoms with Crippen LogP contribution in [0.25, 0.3) is 0 Å². The zero-order chi connectivity index (χ0) is 12.0. The Morgan fingerprint density at radius 1 is 1.50 bits per heavy atom. The largest absolute Gasteiger partial charge is 0.355 e. The van der Waals surface area contributed by atoms with Gasteiger partial charge in [0.25, 0.3) is 0 Å². The second-order valence-corrected chi connectivity index (χ2v) is 3.81. The molecule has 0 spiro atoms. The minimum absolute atomic E-state index is 0.00474. The van der Waals surface area contributed by atoms with Crippen molar-refractivity contribution in [3.63, 3.8) is 0 Å². The van der Waals surface area contributed by atoms with Crippen molar-refractivity contribution in [2.45, 2.75) is 33.7 Å². The monoisotopic (exact) mass is 224 g/mol. The van der Waals surface area contributed by atoms with Crippen LogP contribution < -0.4 is 10.6 Å². The van der Waals surface area contributed by atoms with Crippen molar-refractivity contribution in [2.24, 2.45) is 0 Å². The van der Waals surface area contributed by atoms with E-state index in [1.165, 1.54) is 6.92 Å². The highest BCUT2D eigenvalue weighted by Gasteiger charge is 2.03. The first-order chi connectivity index (χ1) is 7.63. The molecule has 0 aliphatic rings. The molecule has 16 heavy (non-hydrogen) atoms. The van der Waals surface area contributed by atoms with Crippen molar-refractivity contribution < 1.29 is 4.79 Å². The number of carbonyl (C=O) groups excluding carboxylic acids is 1. The van der Waals surface area contributed by atoms with Crippen LogP contribution in [0, 0.1) is 6.92 Å². The molecule has 1 heterocycles. The van der Waals surface area contributed by atoms with Crippen LogP contribution in [0.3, 0.4) is 0 Å².